The van der Waals surface area contributed by atoms with Gasteiger partial charge in [-0.05, 0) is 25.0 Å². The molecule has 0 amide bonds. The lowest BCUT2D eigenvalue weighted by Gasteiger charge is -2.21. The standard InChI is InChI=1S/C17H21N/c1-12-4-8-15(9-5-12)14(3)17(18)16-10-6-13(2)7-11-16/h4-11,14,17H,18H2,1-3H3. The van der Waals surface area contributed by atoms with Crippen molar-refractivity contribution in [2.75, 3.05) is 0 Å². The normalized spacial score (nSPS) is 14.2. The number of nitrogens with two attached hydrogens (primary N) is 1. The molecular formula is C17H21N. The van der Waals surface area contributed by atoms with Crippen molar-refractivity contribution in [2.24, 2.45) is 5.73 Å². The smallest absolute Gasteiger partial charge is 0.0361 e. The van der Waals surface area contributed by atoms with Crippen molar-refractivity contribution in [2.45, 2.75) is 32.7 Å². The second-order valence-electron chi connectivity index (χ2n) is 5.14. The molecule has 0 bridgehead atoms. The van der Waals surface area contributed by atoms with E-state index in [4.69, 9.17) is 5.73 Å². The molecule has 2 rings (SSSR count). The van der Waals surface area contributed by atoms with Crippen LogP contribution in [0.5, 0.6) is 0 Å². The zero-order valence-corrected chi connectivity index (χ0v) is 11.4. The number of aryl methyl sites for hydroxylation is 2. The van der Waals surface area contributed by atoms with Crippen LogP contribution in [-0.4, -0.2) is 0 Å². The minimum atomic E-state index is 0.0494. The third kappa shape index (κ3) is 2.80. The molecule has 0 radical (unpaired) electrons. The first-order valence-corrected chi connectivity index (χ1v) is 6.46. The SMILES string of the molecule is Cc1ccc(C(C)C(N)c2ccc(C)cc2)cc1. The van der Waals surface area contributed by atoms with Crippen molar-refractivity contribution in [3.63, 3.8) is 0 Å². The summed E-state index contributed by atoms with van der Waals surface area (Å²) in [6.07, 6.45) is 0. The molecule has 94 valence electrons. The largest absolute Gasteiger partial charge is 0.323 e. The van der Waals surface area contributed by atoms with Crippen LogP contribution in [0.15, 0.2) is 48.5 Å². The van der Waals surface area contributed by atoms with Gasteiger partial charge in [0.25, 0.3) is 0 Å². The summed E-state index contributed by atoms with van der Waals surface area (Å²) in [6.45, 7) is 6.39. The Labute approximate surface area is 110 Å². The van der Waals surface area contributed by atoms with Gasteiger partial charge in [0.2, 0.25) is 0 Å². The summed E-state index contributed by atoms with van der Waals surface area (Å²) in [4.78, 5) is 0. The second-order valence-corrected chi connectivity index (χ2v) is 5.14. The molecule has 1 heteroatoms. The highest BCUT2D eigenvalue weighted by atomic mass is 14.6. The van der Waals surface area contributed by atoms with Gasteiger partial charge in [0.1, 0.15) is 0 Å². The fraction of sp³-hybridized carbons (Fsp3) is 0.294. The van der Waals surface area contributed by atoms with Gasteiger partial charge in [0, 0.05) is 12.0 Å². The summed E-state index contributed by atoms with van der Waals surface area (Å²) in [5.41, 5.74) is 11.4. The molecule has 2 aromatic carbocycles. The first kappa shape index (κ1) is 12.8. The fourth-order valence-electron chi connectivity index (χ4n) is 2.15. The predicted octanol–water partition coefficient (Wildman–Crippen LogP) is 4.11. The third-order valence-corrected chi connectivity index (χ3v) is 3.60. The highest BCUT2D eigenvalue weighted by Gasteiger charge is 2.16. The minimum Gasteiger partial charge on any atom is -0.323 e. The Kier molecular flexibility index (Phi) is 3.83. The Morgan fingerprint density at radius 3 is 1.56 bits per heavy atom. The molecule has 0 saturated heterocycles. The molecule has 0 saturated carbocycles. The fourth-order valence-corrected chi connectivity index (χ4v) is 2.15. The van der Waals surface area contributed by atoms with E-state index in [0.717, 1.165) is 0 Å². The molecule has 2 atom stereocenters. The molecule has 0 heterocycles. The maximum atomic E-state index is 6.36. The van der Waals surface area contributed by atoms with Crippen molar-refractivity contribution in [3.05, 3.63) is 70.8 Å². The van der Waals surface area contributed by atoms with Gasteiger partial charge in [-0.25, -0.2) is 0 Å². The van der Waals surface area contributed by atoms with E-state index < -0.39 is 0 Å². The van der Waals surface area contributed by atoms with Crippen molar-refractivity contribution >= 4 is 0 Å². The predicted molar refractivity (Wildman–Crippen MR) is 77.7 cm³/mol. The molecule has 0 spiro atoms. The van der Waals surface area contributed by atoms with Crippen molar-refractivity contribution in [1.29, 1.82) is 0 Å². The molecule has 2 aromatic rings. The minimum absolute atomic E-state index is 0.0494. The average molecular weight is 239 g/mol. The molecule has 2 unspecified atom stereocenters. The van der Waals surface area contributed by atoms with Crippen LogP contribution in [-0.2, 0) is 0 Å². The second kappa shape index (κ2) is 5.36. The lowest BCUT2D eigenvalue weighted by atomic mass is 9.88. The first-order chi connectivity index (χ1) is 8.58. The zero-order valence-electron chi connectivity index (χ0n) is 11.4. The summed E-state index contributed by atoms with van der Waals surface area (Å²) >= 11 is 0. The molecule has 0 fully saturated rings. The highest BCUT2D eigenvalue weighted by molar-refractivity contribution is 5.30. The topological polar surface area (TPSA) is 26.0 Å². The van der Waals surface area contributed by atoms with Gasteiger partial charge in [0.15, 0.2) is 0 Å². The first-order valence-electron chi connectivity index (χ1n) is 6.46. The van der Waals surface area contributed by atoms with Crippen molar-refractivity contribution in [3.8, 4) is 0 Å². The van der Waals surface area contributed by atoms with E-state index in [0.29, 0.717) is 5.92 Å². The van der Waals surface area contributed by atoms with Gasteiger partial charge in [-0.2, -0.15) is 0 Å². The van der Waals surface area contributed by atoms with Gasteiger partial charge in [0.05, 0.1) is 0 Å². The van der Waals surface area contributed by atoms with E-state index in [9.17, 15) is 0 Å². The molecule has 0 aliphatic carbocycles. The molecule has 0 aliphatic rings. The summed E-state index contributed by atoms with van der Waals surface area (Å²) in [5.74, 6) is 0.327. The number of rotatable bonds is 3. The van der Waals surface area contributed by atoms with Gasteiger partial charge < -0.3 is 5.73 Å². The average Bonchev–Trinajstić information content (AvgIpc) is 2.39. The van der Waals surface area contributed by atoms with E-state index in [-0.39, 0.29) is 6.04 Å². The molecule has 0 aliphatic heterocycles. The zero-order chi connectivity index (χ0) is 13.1. The molecule has 18 heavy (non-hydrogen) atoms. The number of hydrogen-bond donors (Lipinski definition) is 1. The monoisotopic (exact) mass is 239 g/mol. The van der Waals surface area contributed by atoms with Crippen LogP contribution in [0.25, 0.3) is 0 Å². The third-order valence-electron chi connectivity index (χ3n) is 3.60. The van der Waals surface area contributed by atoms with Crippen LogP contribution < -0.4 is 5.73 Å². The molecular weight excluding hydrogens is 218 g/mol. The van der Waals surface area contributed by atoms with Crippen molar-refractivity contribution < 1.29 is 0 Å². The summed E-state index contributed by atoms with van der Waals surface area (Å²) < 4.78 is 0. The van der Waals surface area contributed by atoms with Crippen LogP contribution in [0, 0.1) is 13.8 Å². The Hall–Kier alpha value is -1.60. The van der Waals surface area contributed by atoms with Crippen LogP contribution in [0.2, 0.25) is 0 Å². The van der Waals surface area contributed by atoms with E-state index in [1.54, 1.807) is 0 Å². The van der Waals surface area contributed by atoms with E-state index in [1.165, 1.54) is 22.3 Å². The Balaban J connectivity index is 2.20. The molecule has 1 nitrogen and oxygen atoms in total. The van der Waals surface area contributed by atoms with Gasteiger partial charge in [-0.1, -0.05) is 66.6 Å². The van der Waals surface area contributed by atoms with Crippen LogP contribution >= 0.6 is 0 Å². The summed E-state index contributed by atoms with van der Waals surface area (Å²) in [5, 5.41) is 0. The Morgan fingerprint density at radius 1 is 0.722 bits per heavy atom. The quantitative estimate of drug-likeness (QED) is 0.857. The highest BCUT2D eigenvalue weighted by Crippen LogP contribution is 2.28. The number of benzene rings is 2. The Morgan fingerprint density at radius 2 is 1.11 bits per heavy atom. The van der Waals surface area contributed by atoms with Crippen molar-refractivity contribution in [1.82, 2.24) is 0 Å². The molecule has 0 aromatic heterocycles. The van der Waals surface area contributed by atoms with Crippen LogP contribution in [0.4, 0.5) is 0 Å². The molecule has 2 N–H and O–H groups in total. The lowest BCUT2D eigenvalue weighted by Crippen LogP contribution is -2.17. The Bertz CT molecular complexity index is 447. The van der Waals surface area contributed by atoms with E-state index in [2.05, 4.69) is 69.3 Å². The van der Waals surface area contributed by atoms with Gasteiger partial charge in [-0.3, -0.25) is 0 Å². The van der Waals surface area contributed by atoms with Gasteiger partial charge in [-0.15, -0.1) is 0 Å². The van der Waals surface area contributed by atoms with Crippen LogP contribution in [0.1, 0.15) is 41.1 Å². The number of hydrogen-bond acceptors (Lipinski definition) is 1. The lowest BCUT2D eigenvalue weighted by molar-refractivity contribution is 0.598. The summed E-state index contributed by atoms with van der Waals surface area (Å²) in [6, 6.07) is 17.2. The van der Waals surface area contributed by atoms with E-state index >= 15 is 0 Å². The summed E-state index contributed by atoms with van der Waals surface area (Å²) in [7, 11) is 0. The van der Waals surface area contributed by atoms with Gasteiger partial charge >= 0.3 is 0 Å². The van der Waals surface area contributed by atoms with Crippen LogP contribution in [0.3, 0.4) is 0 Å². The maximum Gasteiger partial charge on any atom is 0.0361 e. The van der Waals surface area contributed by atoms with E-state index in [1.807, 2.05) is 0 Å². The maximum absolute atomic E-state index is 6.36.